The maximum absolute atomic E-state index is 2.85. The average Bonchev–Trinajstić information content (AvgIpc) is 2.46. The predicted octanol–water partition coefficient (Wildman–Crippen LogP) is 3.90. The van der Waals surface area contributed by atoms with Gasteiger partial charge in [0, 0.05) is 31.2 Å². The monoisotopic (exact) mass is 266 g/mol. The quantitative estimate of drug-likeness (QED) is 0.673. The number of hydrogen-bond acceptors (Lipinski definition) is 2. The molecule has 0 aliphatic carbocycles. The zero-order valence-electron chi connectivity index (χ0n) is 13.4. The molecule has 2 nitrogen and oxygen atoms in total. The van der Waals surface area contributed by atoms with Crippen LogP contribution in [-0.2, 0) is 0 Å². The highest BCUT2D eigenvalue weighted by Crippen LogP contribution is 2.27. The lowest BCUT2D eigenvalue weighted by molar-refractivity contribution is -0.0137. The van der Waals surface area contributed by atoms with E-state index in [2.05, 4.69) is 30.6 Å². The van der Waals surface area contributed by atoms with Gasteiger partial charge in [-0.15, -0.1) is 0 Å². The van der Waals surface area contributed by atoms with E-state index in [9.17, 15) is 0 Å². The summed E-state index contributed by atoms with van der Waals surface area (Å²) in [7, 11) is 0. The largest absolute Gasteiger partial charge is 0.298 e. The van der Waals surface area contributed by atoms with E-state index < -0.39 is 0 Å². The molecule has 112 valence electrons. The van der Waals surface area contributed by atoms with Gasteiger partial charge in [0.05, 0.1) is 0 Å². The molecule has 0 saturated carbocycles. The third-order valence-electron chi connectivity index (χ3n) is 5.35. The van der Waals surface area contributed by atoms with Gasteiger partial charge in [-0.3, -0.25) is 9.80 Å². The Morgan fingerprint density at radius 1 is 1.11 bits per heavy atom. The molecular weight excluding hydrogens is 232 g/mol. The zero-order valence-corrected chi connectivity index (χ0v) is 13.4. The van der Waals surface area contributed by atoms with Gasteiger partial charge in [0.15, 0.2) is 0 Å². The van der Waals surface area contributed by atoms with Crippen molar-refractivity contribution in [1.82, 2.24) is 9.80 Å². The second-order valence-corrected chi connectivity index (χ2v) is 6.75. The molecule has 0 amide bonds. The molecule has 3 atom stereocenters. The molecule has 0 spiro atoms. The number of unbranched alkanes of at least 4 members (excludes halogenated alkanes) is 2. The summed E-state index contributed by atoms with van der Waals surface area (Å²) in [6.45, 7) is 11.2. The Labute approximate surface area is 120 Å². The van der Waals surface area contributed by atoms with Gasteiger partial charge in [-0.2, -0.15) is 0 Å². The van der Waals surface area contributed by atoms with Gasteiger partial charge < -0.3 is 0 Å². The van der Waals surface area contributed by atoms with Crippen LogP contribution in [0.4, 0.5) is 0 Å². The molecule has 2 aliphatic heterocycles. The van der Waals surface area contributed by atoms with Crippen LogP contribution in [0.25, 0.3) is 0 Å². The molecule has 0 N–H and O–H groups in total. The highest BCUT2D eigenvalue weighted by molar-refractivity contribution is 4.92. The molecule has 19 heavy (non-hydrogen) atoms. The fourth-order valence-electron chi connectivity index (χ4n) is 4.03. The average molecular weight is 266 g/mol. The Morgan fingerprint density at radius 3 is 2.68 bits per heavy atom. The van der Waals surface area contributed by atoms with Crippen LogP contribution >= 0.6 is 0 Å². The summed E-state index contributed by atoms with van der Waals surface area (Å²) in [5.41, 5.74) is 0. The summed E-state index contributed by atoms with van der Waals surface area (Å²) in [6, 6.07) is 2.47. The number of nitrogens with zero attached hydrogens (tertiary/aromatic N) is 2. The molecule has 0 aromatic rings. The molecule has 2 fully saturated rings. The van der Waals surface area contributed by atoms with Crippen LogP contribution in [0.15, 0.2) is 0 Å². The topological polar surface area (TPSA) is 6.48 Å². The van der Waals surface area contributed by atoms with Crippen LogP contribution in [-0.4, -0.2) is 47.6 Å². The van der Waals surface area contributed by atoms with Gasteiger partial charge in [0.25, 0.3) is 0 Å². The van der Waals surface area contributed by atoms with Crippen molar-refractivity contribution >= 4 is 0 Å². The van der Waals surface area contributed by atoms with Crippen LogP contribution in [0.3, 0.4) is 0 Å². The normalized spacial score (nSPS) is 31.1. The summed E-state index contributed by atoms with van der Waals surface area (Å²) in [6.07, 6.45) is 11.2. The molecule has 2 saturated heterocycles. The van der Waals surface area contributed by atoms with E-state index in [0.29, 0.717) is 0 Å². The maximum atomic E-state index is 2.85. The van der Waals surface area contributed by atoms with E-state index in [4.69, 9.17) is 0 Å². The Hall–Kier alpha value is -0.0800. The van der Waals surface area contributed by atoms with Crippen molar-refractivity contribution in [2.45, 2.75) is 90.3 Å². The second kappa shape index (κ2) is 7.64. The van der Waals surface area contributed by atoms with Crippen LogP contribution in [0.2, 0.25) is 0 Å². The van der Waals surface area contributed by atoms with Crippen molar-refractivity contribution in [2.24, 2.45) is 0 Å². The van der Waals surface area contributed by atoms with Gasteiger partial charge in [-0.1, -0.05) is 39.5 Å². The summed E-state index contributed by atoms with van der Waals surface area (Å²) < 4.78 is 0. The Kier molecular flexibility index (Phi) is 6.15. The fourth-order valence-corrected chi connectivity index (χ4v) is 4.03. The Bertz CT molecular complexity index is 254. The number of piperidine rings is 1. The number of hydrogen-bond donors (Lipinski definition) is 0. The summed E-state index contributed by atoms with van der Waals surface area (Å²) in [4.78, 5) is 5.63. The molecule has 3 unspecified atom stereocenters. The molecule has 0 aromatic carbocycles. The van der Waals surface area contributed by atoms with Gasteiger partial charge in [-0.25, -0.2) is 0 Å². The lowest BCUT2D eigenvalue weighted by Gasteiger charge is -2.50. The molecule has 2 rings (SSSR count). The van der Waals surface area contributed by atoms with E-state index >= 15 is 0 Å². The van der Waals surface area contributed by atoms with Gasteiger partial charge in [0.1, 0.15) is 0 Å². The van der Waals surface area contributed by atoms with Gasteiger partial charge in [-0.05, 0) is 39.2 Å². The Morgan fingerprint density at radius 2 is 1.95 bits per heavy atom. The zero-order chi connectivity index (χ0) is 13.7. The summed E-state index contributed by atoms with van der Waals surface area (Å²) in [5.74, 6) is 0. The van der Waals surface area contributed by atoms with Crippen molar-refractivity contribution in [2.75, 3.05) is 19.6 Å². The third-order valence-corrected chi connectivity index (χ3v) is 5.35. The third kappa shape index (κ3) is 3.95. The standard InChI is InChI=1S/C17H34N2/c1-4-6-7-10-15(3)19-14-17-11-8-9-12-18(17)13-16(19)5-2/h15-17H,4-14H2,1-3H3. The van der Waals surface area contributed by atoms with Crippen molar-refractivity contribution in [1.29, 1.82) is 0 Å². The maximum Gasteiger partial charge on any atom is 0.0224 e. The van der Waals surface area contributed by atoms with E-state index in [1.165, 1.54) is 71.0 Å². The van der Waals surface area contributed by atoms with Crippen LogP contribution in [0, 0.1) is 0 Å². The van der Waals surface area contributed by atoms with Crippen molar-refractivity contribution in [3.05, 3.63) is 0 Å². The lowest BCUT2D eigenvalue weighted by Crippen LogP contribution is -2.61. The van der Waals surface area contributed by atoms with Crippen molar-refractivity contribution < 1.29 is 0 Å². The summed E-state index contributed by atoms with van der Waals surface area (Å²) in [5, 5.41) is 0. The minimum absolute atomic E-state index is 0.792. The molecular formula is C17H34N2. The van der Waals surface area contributed by atoms with Crippen LogP contribution in [0.1, 0.15) is 72.1 Å². The number of rotatable bonds is 6. The first-order chi connectivity index (χ1) is 9.26. The molecule has 2 heteroatoms. The predicted molar refractivity (Wildman–Crippen MR) is 83.6 cm³/mol. The first-order valence-corrected chi connectivity index (χ1v) is 8.76. The highest BCUT2D eigenvalue weighted by atomic mass is 15.3. The van der Waals surface area contributed by atoms with Crippen LogP contribution in [0.5, 0.6) is 0 Å². The highest BCUT2D eigenvalue weighted by Gasteiger charge is 2.35. The van der Waals surface area contributed by atoms with E-state index in [0.717, 1.165) is 18.1 Å². The lowest BCUT2D eigenvalue weighted by atomic mass is 9.93. The van der Waals surface area contributed by atoms with E-state index in [1.807, 2.05) is 0 Å². The van der Waals surface area contributed by atoms with Gasteiger partial charge >= 0.3 is 0 Å². The first kappa shape index (κ1) is 15.3. The van der Waals surface area contributed by atoms with E-state index in [1.54, 1.807) is 0 Å². The Balaban J connectivity index is 1.89. The molecule has 2 heterocycles. The number of piperazine rings is 1. The second-order valence-electron chi connectivity index (χ2n) is 6.75. The minimum atomic E-state index is 0.792. The fraction of sp³-hybridized carbons (Fsp3) is 1.00. The van der Waals surface area contributed by atoms with Gasteiger partial charge in [0.2, 0.25) is 0 Å². The minimum Gasteiger partial charge on any atom is -0.298 e. The smallest absolute Gasteiger partial charge is 0.0224 e. The molecule has 0 bridgehead atoms. The van der Waals surface area contributed by atoms with Crippen molar-refractivity contribution in [3.63, 3.8) is 0 Å². The van der Waals surface area contributed by atoms with Crippen LogP contribution < -0.4 is 0 Å². The molecule has 0 radical (unpaired) electrons. The summed E-state index contributed by atoms with van der Waals surface area (Å²) >= 11 is 0. The molecule has 0 aromatic heterocycles. The first-order valence-electron chi connectivity index (χ1n) is 8.76. The van der Waals surface area contributed by atoms with Crippen molar-refractivity contribution in [3.8, 4) is 0 Å². The number of fused-ring (bicyclic) bond motifs is 1. The molecule has 2 aliphatic rings. The van der Waals surface area contributed by atoms with E-state index in [-0.39, 0.29) is 0 Å². The SMILES string of the molecule is CCCCCC(C)N1CC2CCCCN2CC1CC.